The maximum Gasteiger partial charge on any atom is 0.213 e. The van der Waals surface area contributed by atoms with Gasteiger partial charge in [-0.25, -0.2) is 13.1 Å². The molecule has 1 atom stereocenters. The summed E-state index contributed by atoms with van der Waals surface area (Å²) in [5.41, 5.74) is 0. The lowest BCUT2D eigenvalue weighted by Gasteiger charge is -2.23. The zero-order valence-electron chi connectivity index (χ0n) is 11.0. The highest BCUT2D eigenvalue weighted by Crippen LogP contribution is 2.08. The van der Waals surface area contributed by atoms with Crippen LogP contribution in [0, 0.1) is 0 Å². The van der Waals surface area contributed by atoms with Crippen LogP contribution in [0.4, 0.5) is 0 Å². The molecule has 0 aliphatic carbocycles. The second kappa shape index (κ2) is 6.97. The summed E-state index contributed by atoms with van der Waals surface area (Å²) in [6.45, 7) is 2.03. The topological polar surface area (TPSA) is 88.9 Å². The third-order valence-electron chi connectivity index (χ3n) is 3.19. The van der Waals surface area contributed by atoms with E-state index in [1.807, 2.05) is 0 Å². The van der Waals surface area contributed by atoms with Crippen LogP contribution in [0.25, 0.3) is 0 Å². The number of hydrogen-bond acceptors (Lipinski definition) is 5. The van der Waals surface area contributed by atoms with Crippen molar-refractivity contribution in [2.24, 2.45) is 0 Å². The number of nitrogens with zero attached hydrogens (tertiary/aromatic N) is 3. The van der Waals surface area contributed by atoms with E-state index in [9.17, 15) is 8.42 Å². The molecule has 19 heavy (non-hydrogen) atoms. The fourth-order valence-corrected chi connectivity index (χ4v) is 3.60. The summed E-state index contributed by atoms with van der Waals surface area (Å²) < 4.78 is 28.1. The van der Waals surface area contributed by atoms with Gasteiger partial charge in [-0.1, -0.05) is 11.6 Å². The van der Waals surface area contributed by atoms with Crippen molar-refractivity contribution in [1.29, 1.82) is 0 Å². The van der Waals surface area contributed by atoms with Crippen LogP contribution < -0.4 is 10.0 Å². The second-order valence-electron chi connectivity index (χ2n) is 4.84. The van der Waals surface area contributed by atoms with Gasteiger partial charge >= 0.3 is 0 Å². The Hall–Kier alpha value is -0.990. The Morgan fingerprint density at radius 3 is 3.00 bits per heavy atom. The minimum Gasteiger partial charge on any atom is -0.313 e. The number of piperidine rings is 1. The SMILES string of the molecule is O=S(=O)(CC1CCCCN1)NCCCn1ccnn1. The molecule has 1 aromatic heterocycles. The summed E-state index contributed by atoms with van der Waals surface area (Å²) >= 11 is 0. The van der Waals surface area contributed by atoms with E-state index in [1.165, 1.54) is 0 Å². The second-order valence-corrected chi connectivity index (χ2v) is 6.69. The van der Waals surface area contributed by atoms with Gasteiger partial charge in [-0.05, 0) is 25.8 Å². The molecule has 8 heteroatoms. The van der Waals surface area contributed by atoms with E-state index in [0.29, 0.717) is 19.5 Å². The quantitative estimate of drug-likeness (QED) is 0.674. The fourth-order valence-electron chi connectivity index (χ4n) is 2.21. The molecule has 0 aromatic carbocycles. The van der Waals surface area contributed by atoms with E-state index in [4.69, 9.17) is 0 Å². The highest BCUT2D eigenvalue weighted by molar-refractivity contribution is 7.89. The van der Waals surface area contributed by atoms with Crippen molar-refractivity contribution in [1.82, 2.24) is 25.0 Å². The van der Waals surface area contributed by atoms with E-state index in [-0.39, 0.29) is 11.8 Å². The smallest absolute Gasteiger partial charge is 0.213 e. The van der Waals surface area contributed by atoms with Crippen LogP contribution in [-0.4, -0.2) is 48.3 Å². The molecule has 1 fully saturated rings. The van der Waals surface area contributed by atoms with Gasteiger partial charge in [0.1, 0.15) is 0 Å². The standard InChI is InChI=1S/C11H21N5O2S/c17-19(18,10-11-4-1-2-5-12-11)14-6-3-8-16-9-7-13-15-16/h7,9,11-12,14H,1-6,8,10H2. The average molecular weight is 287 g/mol. The minimum absolute atomic E-state index is 0.0987. The van der Waals surface area contributed by atoms with Gasteiger partial charge < -0.3 is 5.32 Å². The average Bonchev–Trinajstić information content (AvgIpc) is 2.88. The number of hydrogen-bond donors (Lipinski definition) is 2. The molecule has 108 valence electrons. The lowest BCUT2D eigenvalue weighted by atomic mass is 10.1. The number of aryl methyl sites for hydroxylation is 1. The number of nitrogens with one attached hydrogen (secondary N) is 2. The Labute approximate surface area is 113 Å². The van der Waals surface area contributed by atoms with Crippen LogP contribution in [0.15, 0.2) is 12.4 Å². The van der Waals surface area contributed by atoms with Gasteiger partial charge in [-0.15, -0.1) is 5.10 Å². The maximum atomic E-state index is 11.9. The van der Waals surface area contributed by atoms with Gasteiger partial charge in [0.25, 0.3) is 0 Å². The molecule has 0 bridgehead atoms. The van der Waals surface area contributed by atoms with Gasteiger partial charge in [-0.3, -0.25) is 4.68 Å². The first-order chi connectivity index (χ1) is 9.16. The molecular weight excluding hydrogens is 266 g/mol. The third-order valence-corrected chi connectivity index (χ3v) is 4.68. The van der Waals surface area contributed by atoms with Crippen molar-refractivity contribution < 1.29 is 8.42 Å². The van der Waals surface area contributed by atoms with E-state index < -0.39 is 10.0 Å². The first-order valence-electron chi connectivity index (χ1n) is 6.70. The Morgan fingerprint density at radius 1 is 1.42 bits per heavy atom. The predicted octanol–water partition coefficient (Wildman–Crippen LogP) is -0.270. The van der Waals surface area contributed by atoms with Gasteiger partial charge in [0.15, 0.2) is 0 Å². The molecule has 0 amide bonds. The van der Waals surface area contributed by atoms with Crippen LogP contribution in [0.1, 0.15) is 25.7 Å². The van der Waals surface area contributed by atoms with Gasteiger partial charge in [0.2, 0.25) is 10.0 Å². The van der Waals surface area contributed by atoms with Crippen molar-refractivity contribution in [2.45, 2.75) is 38.3 Å². The lowest BCUT2D eigenvalue weighted by molar-refractivity contribution is 0.422. The Bertz CT molecular complexity index is 453. The zero-order chi connectivity index (χ0) is 13.6. The summed E-state index contributed by atoms with van der Waals surface area (Å²) in [7, 11) is -3.18. The molecule has 0 spiro atoms. The molecule has 0 radical (unpaired) electrons. The highest BCUT2D eigenvalue weighted by Gasteiger charge is 2.20. The van der Waals surface area contributed by atoms with Crippen molar-refractivity contribution in [3.05, 3.63) is 12.4 Å². The first-order valence-corrected chi connectivity index (χ1v) is 8.36. The Morgan fingerprint density at radius 2 is 2.32 bits per heavy atom. The van der Waals surface area contributed by atoms with Gasteiger partial charge in [0, 0.05) is 25.3 Å². The first kappa shape index (κ1) is 14.4. The Balaban J connectivity index is 1.65. The molecule has 2 N–H and O–H groups in total. The van der Waals surface area contributed by atoms with Crippen LogP contribution in [0.5, 0.6) is 0 Å². The monoisotopic (exact) mass is 287 g/mol. The molecule has 2 heterocycles. The van der Waals surface area contributed by atoms with Crippen LogP contribution >= 0.6 is 0 Å². The third kappa shape index (κ3) is 5.25. The molecule has 7 nitrogen and oxygen atoms in total. The number of rotatable bonds is 7. The van der Waals surface area contributed by atoms with E-state index in [2.05, 4.69) is 20.4 Å². The molecule has 1 aliphatic heterocycles. The van der Waals surface area contributed by atoms with Crippen molar-refractivity contribution >= 4 is 10.0 Å². The molecule has 1 aliphatic rings. The molecular formula is C11H21N5O2S. The normalized spacial score (nSPS) is 20.5. The van der Waals surface area contributed by atoms with Crippen molar-refractivity contribution in [3.8, 4) is 0 Å². The summed E-state index contributed by atoms with van der Waals surface area (Å²) in [6, 6.07) is 0.0987. The van der Waals surface area contributed by atoms with Crippen LogP contribution in [0.3, 0.4) is 0 Å². The summed E-state index contributed by atoms with van der Waals surface area (Å²) in [4.78, 5) is 0. The van der Waals surface area contributed by atoms with Crippen molar-refractivity contribution in [3.63, 3.8) is 0 Å². The van der Waals surface area contributed by atoms with Gasteiger partial charge in [0.05, 0.1) is 11.9 Å². The summed E-state index contributed by atoms with van der Waals surface area (Å²) in [5, 5.41) is 10.8. The predicted molar refractivity (Wildman–Crippen MR) is 72.1 cm³/mol. The molecule has 2 rings (SSSR count). The lowest BCUT2D eigenvalue weighted by Crippen LogP contribution is -2.42. The number of aromatic nitrogens is 3. The van der Waals surface area contributed by atoms with Gasteiger partial charge in [-0.2, -0.15) is 0 Å². The van der Waals surface area contributed by atoms with Crippen LogP contribution in [-0.2, 0) is 16.6 Å². The minimum atomic E-state index is -3.18. The molecule has 1 aromatic rings. The molecule has 1 unspecified atom stereocenters. The van der Waals surface area contributed by atoms with E-state index >= 15 is 0 Å². The van der Waals surface area contributed by atoms with E-state index in [1.54, 1.807) is 17.1 Å². The highest BCUT2D eigenvalue weighted by atomic mass is 32.2. The van der Waals surface area contributed by atoms with E-state index in [0.717, 1.165) is 25.8 Å². The van der Waals surface area contributed by atoms with Crippen LogP contribution in [0.2, 0.25) is 0 Å². The zero-order valence-corrected chi connectivity index (χ0v) is 11.8. The summed E-state index contributed by atoms with van der Waals surface area (Å²) in [5.74, 6) is 0.177. The fraction of sp³-hybridized carbons (Fsp3) is 0.818. The molecule has 0 saturated carbocycles. The largest absolute Gasteiger partial charge is 0.313 e. The molecule has 1 saturated heterocycles. The number of sulfonamides is 1. The summed E-state index contributed by atoms with van der Waals surface area (Å²) in [6.07, 6.45) is 7.28. The Kier molecular flexibility index (Phi) is 5.29. The van der Waals surface area contributed by atoms with Crippen molar-refractivity contribution in [2.75, 3.05) is 18.8 Å². The maximum absolute atomic E-state index is 11.9.